The highest BCUT2D eigenvalue weighted by molar-refractivity contribution is 5.78. The van der Waals surface area contributed by atoms with Crippen molar-refractivity contribution in [1.82, 2.24) is 10.2 Å². The summed E-state index contributed by atoms with van der Waals surface area (Å²) in [6, 6.07) is 8.15. The van der Waals surface area contributed by atoms with E-state index in [2.05, 4.69) is 10.2 Å². The summed E-state index contributed by atoms with van der Waals surface area (Å²) >= 11 is 0. The van der Waals surface area contributed by atoms with Gasteiger partial charge in [0.05, 0.1) is 19.3 Å². The van der Waals surface area contributed by atoms with Crippen molar-refractivity contribution in [2.24, 2.45) is 0 Å². The Kier molecular flexibility index (Phi) is 7.53. The van der Waals surface area contributed by atoms with E-state index >= 15 is 0 Å². The van der Waals surface area contributed by atoms with Gasteiger partial charge in [-0.3, -0.25) is 9.69 Å². The van der Waals surface area contributed by atoms with E-state index in [1.165, 1.54) is 5.56 Å². The largest absolute Gasteiger partial charge is 0.491 e. The highest BCUT2D eigenvalue weighted by atomic mass is 16.5. The standard InChI is InChI=1S/C19H30N2O3/c1-15(2)24-18-8-6-16(7-9-18)10-11-20-19(23)13-21-12-4-3-5-17(21)14-22/h6-9,15,17,22H,3-5,10-14H2,1-2H3,(H,20,23). The molecule has 1 unspecified atom stereocenters. The Morgan fingerprint density at radius 3 is 2.75 bits per heavy atom. The minimum absolute atomic E-state index is 0.0371. The van der Waals surface area contributed by atoms with E-state index in [0.717, 1.165) is 38.0 Å². The number of amides is 1. The Morgan fingerprint density at radius 1 is 1.33 bits per heavy atom. The van der Waals surface area contributed by atoms with E-state index < -0.39 is 0 Å². The zero-order chi connectivity index (χ0) is 17.4. The minimum Gasteiger partial charge on any atom is -0.491 e. The first kappa shape index (κ1) is 18.7. The van der Waals surface area contributed by atoms with E-state index in [1.54, 1.807) is 0 Å². The Morgan fingerprint density at radius 2 is 2.08 bits per heavy atom. The third-order valence-electron chi connectivity index (χ3n) is 4.34. The number of aliphatic hydroxyl groups is 1. The van der Waals surface area contributed by atoms with E-state index in [0.29, 0.717) is 13.1 Å². The monoisotopic (exact) mass is 334 g/mol. The normalized spacial score (nSPS) is 18.6. The first-order chi connectivity index (χ1) is 11.6. The number of carbonyl (C=O) groups excluding carboxylic acids is 1. The molecule has 1 aliphatic heterocycles. The average molecular weight is 334 g/mol. The van der Waals surface area contributed by atoms with Crippen molar-refractivity contribution >= 4 is 5.91 Å². The molecule has 0 spiro atoms. The number of piperidine rings is 1. The summed E-state index contributed by atoms with van der Waals surface area (Å²) < 4.78 is 5.62. The van der Waals surface area contributed by atoms with Gasteiger partial charge in [-0.2, -0.15) is 0 Å². The summed E-state index contributed by atoms with van der Waals surface area (Å²) in [6.07, 6.45) is 4.20. The summed E-state index contributed by atoms with van der Waals surface area (Å²) in [6.45, 7) is 6.06. The van der Waals surface area contributed by atoms with E-state index in [9.17, 15) is 9.90 Å². The second-order valence-electron chi connectivity index (χ2n) is 6.71. The molecule has 0 saturated carbocycles. The van der Waals surface area contributed by atoms with Crippen molar-refractivity contribution in [2.75, 3.05) is 26.2 Å². The number of likely N-dealkylation sites (tertiary alicyclic amines) is 1. The van der Waals surface area contributed by atoms with Crippen LogP contribution in [0.1, 0.15) is 38.7 Å². The zero-order valence-corrected chi connectivity index (χ0v) is 14.8. The minimum atomic E-state index is 0.0371. The predicted molar refractivity (Wildman–Crippen MR) is 95.2 cm³/mol. The van der Waals surface area contributed by atoms with Crippen molar-refractivity contribution in [3.05, 3.63) is 29.8 Å². The van der Waals surface area contributed by atoms with Gasteiger partial charge in [0.1, 0.15) is 5.75 Å². The van der Waals surface area contributed by atoms with Crippen molar-refractivity contribution in [2.45, 2.75) is 51.7 Å². The van der Waals surface area contributed by atoms with E-state index in [1.807, 2.05) is 38.1 Å². The Labute approximate surface area is 145 Å². The van der Waals surface area contributed by atoms with Crippen LogP contribution < -0.4 is 10.1 Å². The topological polar surface area (TPSA) is 61.8 Å². The molecule has 0 bridgehead atoms. The van der Waals surface area contributed by atoms with E-state index in [4.69, 9.17) is 4.74 Å². The number of aliphatic hydroxyl groups excluding tert-OH is 1. The van der Waals surface area contributed by atoms with E-state index in [-0.39, 0.29) is 24.7 Å². The number of benzene rings is 1. The van der Waals surface area contributed by atoms with Crippen molar-refractivity contribution in [3.63, 3.8) is 0 Å². The maximum atomic E-state index is 12.1. The second-order valence-corrected chi connectivity index (χ2v) is 6.71. The van der Waals surface area contributed by atoms with Gasteiger partial charge in [0.25, 0.3) is 0 Å². The van der Waals surface area contributed by atoms with Crippen LogP contribution in [0.15, 0.2) is 24.3 Å². The molecule has 5 nitrogen and oxygen atoms in total. The molecular weight excluding hydrogens is 304 g/mol. The predicted octanol–water partition coefficient (Wildman–Crippen LogP) is 1.98. The molecule has 1 saturated heterocycles. The fraction of sp³-hybridized carbons (Fsp3) is 0.632. The summed E-state index contributed by atoms with van der Waals surface area (Å²) in [5.41, 5.74) is 1.18. The molecule has 24 heavy (non-hydrogen) atoms. The lowest BCUT2D eigenvalue weighted by Gasteiger charge is -2.33. The summed E-state index contributed by atoms with van der Waals surface area (Å²) in [7, 11) is 0. The molecule has 1 fully saturated rings. The third-order valence-corrected chi connectivity index (χ3v) is 4.34. The van der Waals surface area contributed by atoms with Gasteiger partial charge in [-0.1, -0.05) is 18.6 Å². The van der Waals surface area contributed by atoms with Gasteiger partial charge in [-0.15, -0.1) is 0 Å². The molecule has 1 heterocycles. The molecule has 2 rings (SSSR count). The lowest BCUT2D eigenvalue weighted by molar-refractivity contribution is -0.123. The molecule has 134 valence electrons. The summed E-state index contributed by atoms with van der Waals surface area (Å²) in [5.74, 6) is 0.910. The third kappa shape index (κ3) is 6.13. The van der Waals surface area contributed by atoms with Crippen molar-refractivity contribution < 1.29 is 14.6 Å². The molecule has 2 N–H and O–H groups in total. The summed E-state index contributed by atoms with van der Waals surface area (Å²) in [4.78, 5) is 14.2. The highest BCUT2D eigenvalue weighted by Crippen LogP contribution is 2.16. The first-order valence-electron chi connectivity index (χ1n) is 8.95. The van der Waals surface area contributed by atoms with Gasteiger partial charge in [0, 0.05) is 12.6 Å². The number of nitrogens with zero attached hydrogens (tertiary/aromatic N) is 1. The van der Waals surface area contributed by atoms with Crippen LogP contribution in [0.2, 0.25) is 0 Å². The lowest BCUT2D eigenvalue weighted by atomic mass is 10.0. The van der Waals surface area contributed by atoms with Gasteiger partial charge in [-0.05, 0) is 57.4 Å². The highest BCUT2D eigenvalue weighted by Gasteiger charge is 2.23. The number of hydrogen-bond acceptors (Lipinski definition) is 4. The van der Waals surface area contributed by atoms with Crippen LogP contribution >= 0.6 is 0 Å². The number of carbonyl (C=O) groups is 1. The van der Waals surface area contributed by atoms with Crippen molar-refractivity contribution in [1.29, 1.82) is 0 Å². The summed E-state index contributed by atoms with van der Waals surface area (Å²) in [5, 5.41) is 12.4. The average Bonchev–Trinajstić information content (AvgIpc) is 2.56. The molecule has 0 aliphatic carbocycles. The van der Waals surface area contributed by atoms with Crippen LogP contribution in [0.4, 0.5) is 0 Å². The van der Waals surface area contributed by atoms with Crippen LogP contribution in [0.25, 0.3) is 0 Å². The lowest BCUT2D eigenvalue weighted by Crippen LogP contribution is -2.47. The molecule has 1 aliphatic rings. The van der Waals surface area contributed by atoms with Gasteiger partial charge >= 0.3 is 0 Å². The molecule has 1 atom stereocenters. The maximum absolute atomic E-state index is 12.1. The maximum Gasteiger partial charge on any atom is 0.234 e. The van der Waals surface area contributed by atoms with Crippen LogP contribution in [-0.4, -0.2) is 54.3 Å². The second kappa shape index (κ2) is 9.64. The molecule has 5 heteroatoms. The van der Waals surface area contributed by atoms with Crippen LogP contribution in [0, 0.1) is 0 Å². The number of ether oxygens (including phenoxy) is 1. The van der Waals surface area contributed by atoms with Gasteiger partial charge in [-0.25, -0.2) is 0 Å². The molecule has 0 aromatic heterocycles. The quantitative estimate of drug-likeness (QED) is 0.763. The first-order valence-corrected chi connectivity index (χ1v) is 8.95. The Balaban J connectivity index is 1.70. The fourth-order valence-electron chi connectivity index (χ4n) is 3.07. The Bertz CT molecular complexity index is 502. The fourth-order valence-corrected chi connectivity index (χ4v) is 3.07. The van der Waals surface area contributed by atoms with Gasteiger partial charge in [0.2, 0.25) is 5.91 Å². The van der Waals surface area contributed by atoms with Gasteiger partial charge in [0.15, 0.2) is 0 Å². The Hall–Kier alpha value is -1.59. The smallest absolute Gasteiger partial charge is 0.234 e. The molecular formula is C19H30N2O3. The molecule has 1 aromatic rings. The van der Waals surface area contributed by atoms with Crippen LogP contribution in [0.5, 0.6) is 5.75 Å². The zero-order valence-electron chi connectivity index (χ0n) is 14.8. The number of hydrogen-bond donors (Lipinski definition) is 2. The SMILES string of the molecule is CC(C)Oc1ccc(CCNC(=O)CN2CCCCC2CO)cc1. The number of nitrogens with one attached hydrogen (secondary N) is 1. The van der Waals surface area contributed by atoms with Crippen LogP contribution in [-0.2, 0) is 11.2 Å². The molecule has 1 amide bonds. The van der Waals surface area contributed by atoms with Crippen LogP contribution in [0.3, 0.4) is 0 Å². The number of rotatable bonds is 8. The molecule has 1 aromatic carbocycles. The van der Waals surface area contributed by atoms with Crippen molar-refractivity contribution in [3.8, 4) is 5.75 Å². The molecule has 0 radical (unpaired) electrons. The van der Waals surface area contributed by atoms with Gasteiger partial charge < -0.3 is 15.2 Å².